The first kappa shape index (κ1) is 30.1. The summed E-state index contributed by atoms with van der Waals surface area (Å²) in [5.41, 5.74) is 1.59. The van der Waals surface area contributed by atoms with Crippen LogP contribution in [0.5, 0.6) is 0 Å². The molecule has 0 aromatic carbocycles. The fourth-order valence-corrected chi connectivity index (χ4v) is 4.66. The Morgan fingerprint density at radius 2 is 1.82 bits per heavy atom. The van der Waals surface area contributed by atoms with Crippen molar-refractivity contribution in [3.8, 4) is 12.3 Å². The van der Waals surface area contributed by atoms with E-state index in [0.717, 1.165) is 5.57 Å². The molecule has 6 atom stereocenters. The van der Waals surface area contributed by atoms with Gasteiger partial charge in [-0.25, -0.2) is 0 Å². The average molecular weight is 489 g/mol. The quantitative estimate of drug-likeness (QED) is 0.0747. The molecule has 0 saturated carbocycles. The molecule has 0 amide bonds. The van der Waals surface area contributed by atoms with E-state index in [9.17, 15) is 9.59 Å². The van der Waals surface area contributed by atoms with Crippen molar-refractivity contribution in [2.75, 3.05) is 0 Å². The molecule has 0 bridgehead atoms. The highest BCUT2D eigenvalue weighted by Gasteiger charge is 2.49. The van der Waals surface area contributed by atoms with Gasteiger partial charge in [-0.2, -0.15) is 0 Å². The van der Waals surface area contributed by atoms with E-state index < -0.39 is 26.3 Å². The lowest BCUT2D eigenvalue weighted by molar-refractivity contribution is -0.150. The standard InChI is InChI=1S/C28H44O5Si/c1-13-15-24-27(32-24)25(33-34(11,12)28(8,9)10)16-19(5)21(7)22(29)17-26(30)31-23(14-2)20(6)18(3)4/h1,14,20-21,23-25,27H,2-3,5,15-17H2,4,6-12H3/t20-,21-,23+,24+,25+,27-/m0/s1. The summed E-state index contributed by atoms with van der Waals surface area (Å²) in [6, 6.07) is 0. The molecule has 1 rings (SSSR count). The maximum Gasteiger partial charge on any atom is 0.313 e. The SMILES string of the molecule is C#CC[C@H]1O[C@@H]1[C@@H](CC(=C)[C@H](C)C(=O)CC(=O)O[C@H](C=C)[C@@H](C)C(=C)C)O[Si](C)(C)C(C)(C)C. The summed E-state index contributed by atoms with van der Waals surface area (Å²) in [5.74, 6) is 1.26. The molecule has 190 valence electrons. The second kappa shape index (κ2) is 12.1. The first-order chi connectivity index (χ1) is 15.5. The number of Topliss-reactive ketones (excluding diaryl/α,β-unsaturated/α-hetero) is 1. The molecule has 1 fully saturated rings. The number of esters is 1. The predicted octanol–water partition coefficient (Wildman–Crippen LogP) is 6.02. The number of carbonyl (C=O) groups is 2. The van der Waals surface area contributed by atoms with E-state index >= 15 is 0 Å². The largest absolute Gasteiger partial charge is 0.457 e. The van der Waals surface area contributed by atoms with Gasteiger partial charge in [-0.3, -0.25) is 9.59 Å². The number of carbonyl (C=O) groups excluding carboxylic acids is 2. The van der Waals surface area contributed by atoms with Gasteiger partial charge in [0.1, 0.15) is 18.6 Å². The van der Waals surface area contributed by atoms with E-state index in [4.69, 9.17) is 20.3 Å². The fourth-order valence-electron chi connectivity index (χ4n) is 3.33. The van der Waals surface area contributed by atoms with Gasteiger partial charge >= 0.3 is 5.97 Å². The van der Waals surface area contributed by atoms with Crippen LogP contribution in [0.1, 0.15) is 60.8 Å². The van der Waals surface area contributed by atoms with Gasteiger partial charge < -0.3 is 13.9 Å². The Morgan fingerprint density at radius 3 is 2.29 bits per heavy atom. The number of hydrogen-bond donors (Lipinski definition) is 0. The summed E-state index contributed by atoms with van der Waals surface area (Å²) in [7, 11) is -2.09. The molecule has 0 aromatic heterocycles. The average Bonchev–Trinajstić information content (AvgIpc) is 3.48. The second-order valence-corrected chi connectivity index (χ2v) is 15.8. The number of terminal acetylenes is 1. The lowest BCUT2D eigenvalue weighted by atomic mass is 9.90. The smallest absolute Gasteiger partial charge is 0.313 e. The molecule has 0 aromatic rings. The second-order valence-electron chi connectivity index (χ2n) is 11.0. The Kier molecular flexibility index (Phi) is 10.8. The lowest BCUT2D eigenvalue weighted by Crippen LogP contribution is -2.45. The van der Waals surface area contributed by atoms with E-state index in [0.29, 0.717) is 18.4 Å². The van der Waals surface area contributed by atoms with E-state index in [1.807, 2.05) is 13.8 Å². The first-order valence-electron chi connectivity index (χ1n) is 12.0. The highest BCUT2D eigenvalue weighted by Crippen LogP contribution is 2.42. The summed E-state index contributed by atoms with van der Waals surface area (Å²) in [6.45, 7) is 28.3. The molecule has 1 aliphatic heterocycles. The molecular weight excluding hydrogens is 444 g/mol. The summed E-state index contributed by atoms with van der Waals surface area (Å²) >= 11 is 0. The Balaban J connectivity index is 2.83. The van der Waals surface area contributed by atoms with Crippen LogP contribution in [-0.4, -0.2) is 44.5 Å². The van der Waals surface area contributed by atoms with E-state index in [-0.39, 0.29) is 41.5 Å². The number of ether oxygens (including phenoxy) is 2. The van der Waals surface area contributed by atoms with E-state index in [1.54, 1.807) is 13.0 Å². The van der Waals surface area contributed by atoms with Crippen LogP contribution in [0.15, 0.2) is 37.0 Å². The molecule has 6 heteroatoms. The van der Waals surface area contributed by atoms with Crippen LogP contribution in [0, 0.1) is 24.2 Å². The van der Waals surface area contributed by atoms with E-state index in [1.165, 1.54) is 0 Å². The molecular formula is C28H44O5Si. The predicted molar refractivity (Wildman–Crippen MR) is 141 cm³/mol. The third-order valence-electron chi connectivity index (χ3n) is 7.21. The van der Waals surface area contributed by atoms with Crippen LogP contribution in [-0.2, 0) is 23.5 Å². The minimum Gasteiger partial charge on any atom is -0.457 e. The van der Waals surface area contributed by atoms with Crippen LogP contribution in [0.2, 0.25) is 18.1 Å². The molecule has 5 nitrogen and oxygen atoms in total. The summed E-state index contributed by atoms with van der Waals surface area (Å²) in [4.78, 5) is 25.3. The van der Waals surface area contributed by atoms with Crippen molar-refractivity contribution in [3.63, 3.8) is 0 Å². The van der Waals surface area contributed by atoms with Crippen LogP contribution >= 0.6 is 0 Å². The number of hydrogen-bond acceptors (Lipinski definition) is 5. The Bertz CT molecular complexity index is 829. The Hall–Kier alpha value is -1.94. The molecule has 1 aliphatic rings. The van der Waals surface area contributed by atoms with Crippen molar-refractivity contribution >= 4 is 20.1 Å². The molecule has 0 radical (unpaired) electrons. The van der Waals surface area contributed by atoms with Crippen LogP contribution in [0.4, 0.5) is 0 Å². The summed E-state index contributed by atoms with van der Waals surface area (Å²) < 4.78 is 18.0. The Labute approximate surface area is 208 Å². The zero-order valence-corrected chi connectivity index (χ0v) is 23.4. The molecule has 0 aliphatic carbocycles. The van der Waals surface area contributed by atoms with Gasteiger partial charge in [-0.15, -0.1) is 12.3 Å². The summed E-state index contributed by atoms with van der Waals surface area (Å²) in [6.07, 6.45) is 6.84. The third kappa shape index (κ3) is 8.37. The number of rotatable bonds is 14. The lowest BCUT2D eigenvalue weighted by Gasteiger charge is -2.39. The number of ketones is 1. The maximum atomic E-state index is 12.9. The molecule has 1 heterocycles. The molecule has 0 unspecified atom stereocenters. The van der Waals surface area contributed by atoms with Crippen molar-refractivity contribution in [1.82, 2.24) is 0 Å². The van der Waals surface area contributed by atoms with Crippen molar-refractivity contribution in [2.45, 2.75) is 103 Å². The van der Waals surface area contributed by atoms with Crippen LogP contribution < -0.4 is 0 Å². The highest BCUT2D eigenvalue weighted by atomic mass is 28.4. The first-order valence-corrected chi connectivity index (χ1v) is 14.9. The van der Waals surface area contributed by atoms with Crippen molar-refractivity contribution < 1.29 is 23.5 Å². The zero-order valence-electron chi connectivity index (χ0n) is 22.4. The van der Waals surface area contributed by atoms with Gasteiger partial charge in [0, 0.05) is 18.3 Å². The van der Waals surface area contributed by atoms with Gasteiger partial charge in [0.2, 0.25) is 0 Å². The zero-order chi connectivity index (χ0) is 26.4. The Morgan fingerprint density at radius 1 is 1.24 bits per heavy atom. The monoisotopic (exact) mass is 488 g/mol. The van der Waals surface area contributed by atoms with Crippen molar-refractivity contribution in [2.24, 2.45) is 11.8 Å². The van der Waals surface area contributed by atoms with Gasteiger partial charge in [-0.05, 0) is 31.5 Å². The topological polar surface area (TPSA) is 65.1 Å². The minimum atomic E-state index is -2.09. The van der Waals surface area contributed by atoms with Gasteiger partial charge in [0.15, 0.2) is 14.1 Å². The highest BCUT2D eigenvalue weighted by molar-refractivity contribution is 6.74. The molecule has 0 spiro atoms. The van der Waals surface area contributed by atoms with Crippen molar-refractivity contribution in [3.05, 3.63) is 37.0 Å². The fraction of sp³-hybridized carbons (Fsp3) is 0.643. The number of epoxide rings is 1. The summed E-state index contributed by atoms with van der Waals surface area (Å²) in [5, 5.41) is 0.0247. The normalized spacial score (nSPS) is 21.4. The van der Waals surface area contributed by atoms with Gasteiger partial charge in [0.25, 0.3) is 0 Å². The van der Waals surface area contributed by atoms with Crippen LogP contribution in [0.3, 0.4) is 0 Å². The van der Waals surface area contributed by atoms with Gasteiger partial charge in [-0.1, -0.05) is 71.6 Å². The molecule has 0 N–H and O–H groups in total. The van der Waals surface area contributed by atoms with Gasteiger partial charge in [0.05, 0.1) is 12.2 Å². The van der Waals surface area contributed by atoms with Crippen molar-refractivity contribution in [1.29, 1.82) is 0 Å². The van der Waals surface area contributed by atoms with E-state index in [2.05, 4.69) is 59.5 Å². The maximum absolute atomic E-state index is 12.9. The van der Waals surface area contributed by atoms with Crippen LogP contribution in [0.25, 0.3) is 0 Å². The molecule has 1 saturated heterocycles. The molecule has 34 heavy (non-hydrogen) atoms. The third-order valence-corrected chi connectivity index (χ3v) is 11.7. The minimum absolute atomic E-state index is 0.0247.